The topological polar surface area (TPSA) is 34.1 Å². The van der Waals surface area contributed by atoms with Crippen molar-refractivity contribution in [1.82, 2.24) is 4.98 Å². The molecule has 1 aliphatic rings. The maximum atomic E-state index is 14.3. The highest BCUT2D eigenvalue weighted by Crippen LogP contribution is 2.38. The van der Waals surface area contributed by atoms with E-state index in [-0.39, 0.29) is 18.5 Å². The van der Waals surface area contributed by atoms with Crippen LogP contribution < -0.4 is 5.32 Å². The third-order valence-corrected chi connectivity index (χ3v) is 6.54. The summed E-state index contributed by atoms with van der Waals surface area (Å²) in [6.07, 6.45) is 6.10. The van der Waals surface area contributed by atoms with Crippen molar-refractivity contribution < 1.29 is 9.13 Å². The van der Waals surface area contributed by atoms with Crippen LogP contribution in [0.15, 0.2) is 121 Å². The molecule has 1 atom stereocenters. The maximum Gasteiger partial charge on any atom is 0.129 e. The van der Waals surface area contributed by atoms with Gasteiger partial charge in [0.2, 0.25) is 0 Å². The number of hydrogen-bond acceptors (Lipinski definition) is 3. The van der Waals surface area contributed by atoms with Crippen molar-refractivity contribution in [3.05, 3.63) is 150 Å². The highest BCUT2D eigenvalue weighted by molar-refractivity contribution is 5.95. The van der Waals surface area contributed by atoms with E-state index in [1.54, 1.807) is 18.3 Å². The van der Waals surface area contributed by atoms with Crippen LogP contribution in [0.3, 0.4) is 0 Å². The van der Waals surface area contributed by atoms with E-state index in [0.29, 0.717) is 5.56 Å². The van der Waals surface area contributed by atoms with Crippen molar-refractivity contribution >= 4 is 34.0 Å². The Morgan fingerprint density at radius 3 is 2.46 bits per heavy atom. The number of fused-ring (bicyclic) bond motifs is 2. The summed E-state index contributed by atoms with van der Waals surface area (Å²) in [6.45, 7) is 0.152. The molecular weight excluding hydrogens is 459 g/mol. The predicted molar refractivity (Wildman–Crippen MR) is 149 cm³/mol. The number of benzene rings is 4. The standard InChI is InChI=1S/C33H25FN2O/c34-30-15-7-4-11-25(30)22-37-33-21-32(36-26-16-17-31-24(20-26)12-8-18-35-31)29(19-23-9-2-1-3-10-23)27-13-5-6-14-28(27)33/h1-21,32,36H,22H2. The molecule has 1 heterocycles. The van der Waals surface area contributed by atoms with Crippen molar-refractivity contribution in [2.45, 2.75) is 12.6 Å². The van der Waals surface area contributed by atoms with Crippen LogP contribution in [0.5, 0.6) is 0 Å². The van der Waals surface area contributed by atoms with Crippen LogP contribution in [0.4, 0.5) is 10.1 Å². The molecule has 4 heteroatoms. The predicted octanol–water partition coefficient (Wildman–Crippen LogP) is 7.97. The van der Waals surface area contributed by atoms with Crippen molar-refractivity contribution in [2.75, 3.05) is 5.32 Å². The minimum atomic E-state index is -0.267. The molecule has 0 saturated heterocycles. The zero-order chi connectivity index (χ0) is 25.0. The SMILES string of the molecule is Fc1ccccc1COC1=CC(Nc2ccc3ncccc3c2)C(=Cc2ccccc2)c2ccccc21. The summed E-state index contributed by atoms with van der Waals surface area (Å²) in [6, 6.07) is 35.2. The number of anilines is 1. The molecule has 0 fully saturated rings. The summed E-state index contributed by atoms with van der Waals surface area (Å²) in [7, 11) is 0. The second kappa shape index (κ2) is 10.1. The lowest BCUT2D eigenvalue weighted by atomic mass is 9.86. The summed E-state index contributed by atoms with van der Waals surface area (Å²) < 4.78 is 20.6. The first-order valence-electron chi connectivity index (χ1n) is 12.3. The van der Waals surface area contributed by atoms with Gasteiger partial charge in [0, 0.05) is 28.4 Å². The Morgan fingerprint density at radius 1 is 0.811 bits per heavy atom. The van der Waals surface area contributed by atoms with Crippen molar-refractivity contribution in [3.8, 4) is 0 Å². The third-order valence-electron chi connectivity index (χ3n) is 6.54. The number of nitrogens with zero attached hydrogens (tertiary/aromatic N) is 1. The molecule has 6 rings (SSSR count). The normalized spacial score (nSPS) is 15.8. The fourth-order valence-corrected chi connectivity index (χ4v) is 4.71. The lowest BCUT2D eigenvalue weighted by molar-refractivity contribution is 0.258. The Bertz CT molecular complexity index is 1620. The maximum absolute atomic E-state index is 14.3. The Morgan fingerprint density at radius 2 is 1.59 bits per heavy atom. The minimum Gasteiger partial charge on any atom is -0.488 e. The van der Waals surface area contributed by atoms with Gasteiger partial charge in [-0.25, -0.2) is 4.39 Å². The molecule has 180 valence electrons. The third kappa shape index (κ3) is 4.87. The highest BCUT2D eigenvalue weighted by atomic mass is 19.1. The fraction of sp³-hybridized carbons (Fsp3) is 0.0606. The van der Waals surface area contributed by atoms with E-state index < -0.39 is 0 Å². The monoisotopic (exact) mass is 484 g/mol. The number of rotatable bonds is 6. The van der Waals surface area contributed by atoms with Crippen LogP contribution in [-0.4, -0.2) is 11.0 Å². The number of nitrogens with one attached hydrogen (secondary N) is 1. The molecule has 1 N–H and O–H groups in total. The lowest BCUT2D eigenvalue weighted by Crippen LogP contribution is -2.23. The Hall–Kier alpha value is -4.70. The first-order chi connectivity index (χ1) is 18.2. The van der Waals surface area contributed by atoms with E-state index in [2.05, 4.69) is 58.9 Å². The summed E-state index contributed by atoms with van der Waals surface area (Å²) in [4.78, 5) is 4.44. The Labute approximate surface area is 215 Å². The van der Waals surface area contributed by atoms with Gasteiger partial charge in [-0.15, -0.1) is 0 Å². The van der Waals surface area contributed by atoms with Crippen LogP contribution in [0.2, 0.25) is 0 Å². The summed E-state index contributed by atoms with van der Waals surface area (Å²) in [5.74, 6) is 0.459. The molecule has 0 saturated carbocycles. The quantitative estimate of drug-likeness (QED) is 0.265. The molecule has 1 unspecified atom stereocenters. The zero-order valence-electron chi connectivity index (χ0n) is 20.1. The average molecular weight is 485 g/mol. The first kappa shape index (κ1) is 22.7. The smallest absolute Gasteiger partial charge is 0.129 e. The van der Waals surface area contributed by atoms with Crippen LogP contribution in [0, 0.1) is 5.82 Å². The largest absolute Gasteiger partial charge is 0.488 e. The van der Waals surface area contributed by atoms with Crippen molar-refractivity contribution in [3.63, 3.8) is 0 Å². The van der Waals surface area contributed by atoms with Gasteiger partial charge in [0.05, 0.1) is 11.6 Å². The van der Waals surface area contributed by atoms with E-state index in [9.17, 15) is 4.39 Å². The molecule has 0 radical (unpaired) electrons. The molecule has 0 aliphatic heterocycles. The van der Waals surface area contributed by atoms with Gasteiger partial charge in [-0.3, -0.25) is 4.98 Å². The van der Waals surface area contributed by atoms with E-state index in [1.165, 1.54) is 6.07 Å². The van der Waals surface area contributed by atoms with Gasteiger partial charge in [0.25, 0.3) is 0 Å². The van der Waals surface area contributed by atoms with E-state index in [1.807, 2.05) is 54.6 Å². The van der Waals surface area contributed by atoms with Crippen LogP contribution in [0.25, 0.3) is 28.3 Å². The van der Waals surface area contributed by atoms with Gasteiger partial charge in [-0.2, -0.15) is 0 Å². The van der Waals surface area contributed by atoms with Crippen molar-refractivity contribution in [2.24, 2.45) is 0 Å². The summed E-state index contributed by atoms with van der Waals surface area (Å²) >= 11 is 0. The van der Waals surface area contributed by atoms with Gasteiger partial charge in [0.15, 0.2) is 0 Å². The molecular formula is C33H25FN2O. The minimum absolute atomic E-state index is 0.152. The molecule has 3 nitrogen and oxygen atoms in total. The molecule has 0 amide bonds. The molecule has 5 aromatic rings. The van der Waals surface area contributed by atoms with Gasteiger partial charge >= 0.3 is 0 Å². The number of pyridine rings is 1. The molecule has 0 spiro atoms. The average Bonchev–Trinajstić information content (AvgIpc) is 2.94. The Kier molecular flexibility index (Phi) is 6.22. The van der Waals surface area contributed by atoms with E-state index >= 15 is 0 Å². The van der Waals surface area contributed by atoms with Crippen molar-refractivity contribution in [1.29, 1.82) is 0 Å². The van der Waals surface area contributed by atoms with Gasteiger partial charge in [-0.05, 0) is 59.2 Å². The second-order valence-electron chi connectivity index (χ2n) is 9.00. The molecule has 37 heavy (non-hydrogen) atoms. The summed E-state index contributed by atoms with van der Waals surface area (Å²) in [5.41, 5.74) is 6.77. The van der Waals surface area contributed by atoms with Crippen LogP contribution >= 0.6 is 0 Å². The number of aromatic nitrogens is 1. The van der Waals surface area contributed by atoms with Gasteiger partial charge in [0.1, 0.15) is 18.2 Å². The molecule has 0 bridgehead atoms. The highest BCUT2D eigenvalue weighted by Gasteiger charge is 2.26. The number of halogens is 1. The number of ether oxygens (including phenoxy) is 1. The lowest BCUT2D eigenvalue weighted by Gasteiger charge is -2.29. The molecule has 1 aliphatic carbocycles. The fourth-order valence-electron chi connectivity index (χ4n) is 4.71. The second-order valence-corrected chi connectivity index (χ2v) is 9.00. The van der Waals surface area contributed by atoms with Crippen LogP contribution in [-0.2, 0) is 11.3 Å². The van der Waals surface area contributed by atoms with E-state index in [0.717, 1.165) is 44.6 Å². The first-order valence-corrected chi connectivity index (χ1v) is 12.3. The Balaban J connectivity index is 1.42. The number of hydrogen-bond donors (Lipinski definition) is 1. The van der Waals surface area contributed by atoms with Gasteiger partial charge < -0.3 is 10.1 Å². The molecule has 1 aromatic heterocycles. The van der Waals surface area contributed by atoms with Crippen LogP contribution in [0.1, 0.15) is 22.3 Å². The van der Waals surface area contributed by atoms with Gasteiger partial charge in [-0.1, -0.05) is 78.9 Å². The zero-order valence-corrected chi connectivity index (χ0v) is 20.1. The summed E-state index contributed by atoms with van der Waals surface area (Å²) in [5, 5.41) is 4.76. The molecule has 4 aromatic carbocycles. The van der Waals surface area contributed by atoms with E-state index in [4.69, 9.17) is 4.74 Å².